The molecule has 1 atom stereocenters. The highest BCUT2D eigenvalue weighted by Crippen LogP contribution is 2.27. The zero-order valence-electron chi connectivity index (χ0n) is 13.2. The quantitative estimate of drug-likeness (QED) is 0.817. The Hall–Kier alpha value is -2.54. The molecule has 124 valence electrons. The first-order valence-corrected chi connectivity index (χ1v) is 8.56. The van der Waals surface area contributed by atoms with Crippen LogP contribution in [0.3, 0.4) is 0 Å². The molecule has 0 saturated carbocycles. The third-order valence-electron chi connectivity index (χ3n) is 3.94. The number of thiazole rings is 1. The Morgan fingerprint density at radius 1 is 1.38 bits per heavy atom. The molecule has 2 heterocycles. The number of amides is 2. The van der Waals surface area contributed by atoms with E-state index in [0.29, 0.717) is 23.7 Å². The molecule has 1 aromatic carbocycles. The molecule has 0 radical (unpaired) electrons. The summed E-state index contributed by atoms with van der Waals surface area (Å²) in [6.45, 7) is 1.43. The SMILES string of the molecule is CC(=O)c1csc(NC(=O)CCC2Cc3ccccc3NC2=O)n1. The van der Waals surface area contributed by atoms with E-state index in [1.807, 2.05) is 24.3 Å². The summed E-state index contributed by atoms with van der Waals surface area (Å²) in [4.78, 5) is 39.4. The number of nitrogens with zero attached hydrogens (tertiary/aromatic N) is 1. The van der Waals surface area contributed by atoms with E-state index in [0.717, 1.165) is 11.3 Å². The van der Waals surface area contributed by atoms with E-state index in [1.165, 1.54) is 18.3 Å². The molecule has 0 bridgehead atoms. The number of rotatable bonds is 5. The van der Waals surface area contributed by atoms with Gasteiger partial charge in [0.25, 0.3) is 0 Å². The van der Waals surface area contributed by atoms with Gasteiger partial charge >= 0.3 is 0 Å². The Bertz CT molecular complexity index is 800. The number of anilines is 2. The van der Waals surface area contributed by atoms with Crippen LogP contribution < -0.4 is 10.6 Å². The molecule has 0 aliphatic carbocycles. The van der Waals surface area contributed by atoms with Crippen LogP contribution in [-0.4, -0.2) is 22.6 Å². The molecule has 2 N–H and O–H groups in total. The number of hydrogen-bond donors (Lipinski definition) is 2. The second kappa shape index (κ2) is 6.92. The number of carbonyl (C=O) groups excluding carboxylic acids is 3. The second-order valence-corrected chi connectivity index (χ2v) is 6.59. The largest absolute Gasteiger partial charge is 0.326 e. The van der Waals surface area contributed by atoms with E-state index in [-0.39, 0.29) is 29.9 Å². The van der Waals surface area contributed by atoms with Crippen molar-refractivity contribution < 1.29 is 14.4 Å². The maximum absolute atomic E-state index is 12.1. The molecule has 7 heteroatoms. The monoisotopic (exact) mass is 343 g/mol. The summed E-state index contributed by atoms with van der Waals surface area (Å²) in [5.41, 5.74) is 2.29. The van der Waals surface area contributed by atoms with Crippen LogP contribution in [0.4, 0.5) is 10.8 Å². The average molecular weight is 343 g/mol. The van der Waals surface area contributed by atoms with E-state index in [9.17, 15) is 14.4 Å². The molecule has 6 nitrogen and oxygen atoms in total. The van der Waals surface area contributed by atoms with Crippen molar-refractivity contribution in [1.82, 2.24) is 4.98 Å². The van der Waals surface area contributed by atoms with Crippen molar-refractivity contribution in [2.75, 3.05) is 10.6 Å². The van der Waals surface area contributed by atoms with Gasteiger partial charge in [-0.15, -0.1) is 11.3 Å². The fourth-order valence-corrected chi connectivity index (χ4v) is 3.39. The van der Waals surface area contributed by atoms with Crippen LogP contribution in [0.2, 0.25) is 0 Å². The minimum atomic E-state index is -0.213. The van der Waals surface area contributed by atoms with E-state index in [4.69, 9.17) is 0 Å². The first kappa shape index (κ1) is 16.3. The van der Waals surface area contributed by atoms with Crippen LogP contribution in [0.25, 0.3) is 0 Å². The van der Waals surface area contributed by atoms with Crippen molar-refractivity contribution in [2.45, 2.75) is 26.2 Å². The van der Waals surface area contributed by atoms with Crippen LogP contribution in [0.1, 0.15) is 35.8 Å². The van der Waals surface area contributed by atoms with Gasteiger partial charge in [-0.05, 0) is 24.5 Å². The molecule has 0 spiro atoms. The van der Waals surface area contributed by atoms with Gasteiger partial charge in [0.1, 0.15) is 5.69 Å². The van der Waals surface area contributed by atoms with Gasteiger partial charge in [-0.25, -0.2) is 4.98 Å². The second-order valence-electron chi connectivity index (χ2n) is 5.73. The van der Waals surface area contributed by atoms with Crippen molar-refractivity contribution in [3.63, 3.8) is 0 Å². The predicted molar refractivity (Wildman–Crippen MR) is 92.2 cm³/mol. The predicted octanol–water partition coefficient (Wildman–Crippen LogP) is 2.88. The van der Waals surface area contributed by atoms with Gasteiger partial charge in [0, 0.05) is 30.3 Å². The highest BCUT2D eigenvalue weighted by atomic mass is 32.1. The van der Waals surface area contributed by atoms with Gasteiger partial charge in [0.2, 0.25) is 11.8 Å². The molecule has 1 aliphatic heterocycles. The first-order valence-electron chi connectivity index (χ1n) is 7.68. The van der Waals surface area contributed by atoms with Gasteiger partial charge < -0.3 is 10.6 Å². The van der Waals surface area contributed by atoms with Crippen molar-refractivity contribution in [3.8, 4) is 0 Å². The highest BCUT2D eigenvalue weighted by Gasteiger charge is 2.26. The molecule has 1 unspecified atom stereocenters. The average Bonchev–Trinajstić information content (AvgIpc) is 3.01. The number of carbonyl (C=O) groups is 3. The fourth-order valence-electron chi connectivity index (χ4n) is 2.63. The lowest BCUT2D eigenvalue weighted by atomic mass is 9.89. The summed E-state index contributed by atoms with van der Waals surface area (Å²) in [5, 5.41) is 7.58. The molecule has 2 aromatic rings. The molecule has 1 aliphatic rings. The number of nitrogens with one attached hydrogen (secondary N) is 2. The van der Waals surface area contributed by atoms with Crippen LogP contribution in [-0.2, 0) is 16.0 Å². The van der Waals surface area contributed by atoms with Crippen molar-refractivity contribution in [1.29, 1.82) is 0 Å². The normalized spacial score (nSPS) is 16.2. The Labute approximate surface area is 143 Å². The van der Waals surface area contributed by atoms with E-state index >= 15 is 0 Å². The van der Waals surface area contributed by atoms with Gasteiger partial charge in [0.05, 0.1) is 0 Å². The zero-order valence-corrected chi connectivity index (χ0v) is 14.0. The number of Topliss-reactive ketones (excluding diaryl/α,β-unsaturated/α-hetero) is 1. The van der Waals surface area contributed by atoms with Gasteiger partial charge in [-0.3, -0.25) is 14.4 Å². The summed E-state index contributed by atoms with van der Waals surface area (Å²) >= 11 is 1.22. The van der Waals surface area contributed by atoms with E-state index < -0.39 is 0 Å². The number of fused-ring (bicyclic) bond motifs is 1. The van der Waals surface area contributed by atoms with E-state index in [2.05, 4.69) is 15.6 Å². The summed E-state index contributed by atoms with van der Waals surface area (Å²) in [5.74, 6) is -0.597. The maximum Gasteiger partial charge on any atom is 0.227 e. The molecule has 0 fully saturated rings. The molecule has 2 amide bonds. The Kier molecular flexibility index (Phi) is 4.71. The Morgan fingerprint density at radius 2 is 2.17 bits per heavy atom. The summed E-state index contributed by atoms with van der Waals surface area (Å²) in [7, 11) is 0. The van der Waals surface area contributed by atoms with E-state index in [1.54, 1.807) is 5.38 Å². The lowest BCUT2D eigenvalue weighted by Crippen LogP contribution is -2.30. The third-order valence-corrected chi connectivity index (χ3v) is 4.70. The number of ketones is 1. The van der Waals surface area contributed by atoms with Crippen LogP contribution in [0.5, 0.6) is 0 Å². The molecule has 0 saturated heterocycles. The van der Waals surface area contributed by atoms with Crippen LogP contribution >= 0.6 is 11.3 Å². The van der Waals surface area contributed by atoms with Gasteiger partial charge in [-0.2, -0.15) is 0 Å². The summed E-state index contributed by atoms with van der Waals surface area (Å²) in [6, 6.07) is 7.69. The Balaban J connectivity index is 1.54. The molecular weight excluding hydrogens is 326 g/mol. The smallest absolute Gasteiger partial charge is 0.227 e. The van der Waals surface area contributed by atoms with Gasteiger partial charge in [0.15, 0.2) is 10.9 Å². The number of hydrogen-bond acceptors (Lipinski definition) is 5. The van der Waals surface area contributed by atoms with Gasteiger partial charge in [-0.1, -0.05) is 18.2 Å². The Morgan fingerprint density at radius 3 is 2.92 bits per heavy atom. The van der Waals surface area contributed by atoms with Crippen molar-refractivity contribution in [2.24, 2.45) is 5.92 Å². The molecular formula is C17H17N3O3S. The number of para-hydroxylation sites is 1. The van der Waals surface area contributed by atoms with Crippen LogP contribution in [0.15, 0.2) is 29.6 Å². The number of aromatic nitrogens is 1. The lowest BCUT2D eigenvalue weighted by molar-refractivity contribution is -0.121. The fraction of sp³-hybridized carbons (Fsp3) is 0.294. The lowest BCUT2D eigenvalue weighted by Gasteiger charge is -2.24. The zero-order chi connectivity index (χ0) is 17.1. The summed E-state index contributed by atoms with van der Waals surface area (Å²) < 4.78 is 0. The van der Waals surface area contributed by atoms with Crippen molar-refractivity contribution >= 4 is 39.8 Å². The van der Waals surface area contributed by atoms with Crippen molar-refractivity contribution in [3.05, 3.63) is 40.9 Å². The van der Waals surface area contributed by atoms with Crippen LogP contribution in [0, 0.1) is 5.92 Å². The topological polar surface area (TPSA) is 88.2 Å². The molecule has 24 heavy (non-hydrogen) atoms. The standard InChI is InChI=1S/C17H17N3O3S/c1-10(21)14-9-24-17(19-14)20-15(22)7-6-12-8-11-4-2-3-5-13(11)18-16(12)23/h2-5,9,12H,6-8H2,1H3,(H,18,23)(H,19,20,22). The number of benzene rings is 1. The highest BCUT2D eigenvalue weighted by molar-refractivity contribution is 7.14. The minimum Gasteiger partial charge on any atom is -0.326 e. The minimum absolute atomic E-state index is 0.0467. The summed E-state index contributed by atoms with van der Waals surface area (Å²) in [6.07, 6.45) is 1.34. The maximum atomic E-state index is 12.1. The third kappa shape index (κ3) is 3.68. The molecule has 3 rings (SSSR count). The first-order chi connectivity index (χ1) is 11.5. The molecule has 1 aromatic heterocycles.